The average molecular weight is 308 g/mol. The number of benzene rings is 1. The van der Waals surface area contributed by atoms with Crippen molar-refractivity contribution in [3.05, 3.63) is 33.8 Å². The third kappa shape index (κ3) is 4.51. The molecule has 16 heavy (non-hydrogen) atoms. The molecule has 0 aliphatic heterocycles. The first kappa shape index (κ1) is 15.4. The monoisotopic (exact) mass is 306 g/mol. The first-order valence-corrected chi connectivity index (χ1v) is 5.63. The van der Waals surface area contributed by atoms with Crippen molar-refractivity contribution in [1.82, 2.24) is 10.6 Å². The molecule has 0 atom stereocenters. The van der Waals surface area contributed by atoms with Crippen LogP contribution in [0, 0.1) is 6.92 Å². The molecule has 0 aromatic heterocycles. The summed E-state index contributed by atoms with van der Waals surface area (Å²) in [5.41, 5.74) is 1.81. The van der Waals surface area contributed by atoms with Gasteiger partial charge in [0, 0.05) is 23.1 Å². The van der Waals surface area contributed by atoms with E-state index in [0.717, 1.165) is 16.6 Å². The topological polar surface area (TPSA) is 41.1 Å². The Morgan fingerprint density at radius 2 is 2.06 bits per heavy atom. The average Bonchev–Trinajstić information content (AvgIpc) is 2.22. The molecule has 3 nitrogen and oxygen atoms in total. The van der Waals surface area contributed by atoms with Gasteiger partial charge in [-0.1, -0.05) is 22.0 Å². The molecule has 1 aromatic carbocycles. The molecule has 2 N–H and O–H groups in total. The lowest BCUT2D eigenvalue weighted by molar-refractivity contribution is 0.0954. The van der Waals surface area contributed by atoms with E-state index in [1.54, 1.807) is 0 Å². The summed E-state index contributed by atoms with van der Waals surface area (Å²) in [4.78, 5) is 11.6. The van der Waals surface area contributed by atoms with E-state index in [1.807, 2.05) is 32.2 Å². The third-order valence-corrected chi connectivity index (χ3v) is 2.95. The lowest BCUT2D eigenvalue weighted by atomic mass is 10.1. The van der Waals surface area contributed by atoms with E-state index in [0.29, 0.717) is 12.1 Å². The highest BCUT2D eigenvalue weighted by molar-refractivity contribution is 9.10. The molecule has 0 unspecified atom stereocenters. The maximum absolute atomic E-state index is 11.6. The summed E-state index contributed by atoms with van der Waals surface area (Å²) < 4.78 is 0.962. The second-order valence-electron chi connectivity index (χ2n) is 3.32. The van der Waals surface area contributed by atoms with Crippen molar-refractivity contribution in [2.24, 2.45) is 0 Å². The highest BCUT2D eigenvalue weighted by atomic mass is 79.9. The lowest BCUT2D eigenvalue weighted by Crippen LogP contribution is -2.30. The van der Waals surface area contributed by atoms with Crippen molar-refractivity contribution in [3.8, 4) is 0 Å². The molecule has 0 aliphatic rings. The Balaban J connectivity index is 0.00000225. The Labute approximate surface area is 111 Å². The van der Waals surface area contributed by atoms with Crippen LogP contribution in [0.15, 0.2) is 22.7 Å². The summed E-state index contributed by atoms with van der Waals surface area (Å²) in [5, 5.41) is 5.80. The standard InChI is InChI=1S/C11H15BrN2O.ClH/c1-8-3-4-9(7-10(8)12)11(15)14-6-5-13-2;/h3-4,7,13H,5-6H2,1-2H3,(H,14,15);1H. The van der Waals surface area contributed by atoms with Crippen molar-refractivity contribution in [1.29, 1.82) is 0 Å². The van der Waals surface area contributed by atoms with Crippen LogP contribution < -0.4 is 10.6 Å². The molecule has 0 heterocycles. The molecular weight excluding hydrogens is 291 g/mol. The number of amides is 1. The Morgan fingerprint density at radius 3 is 2.62 bits per heavy atom. The van der Waals surface area contributed by atoms with Crippen LogP contribution in [0.1, 0.15) is 15.9 Å². The van der Waals surface area contributed by atoms with Crippen LogP contribution in [0.5, 0.6) is 0 Å². The van der Waals surface area contributed by atoms with Gasteiger partial charge in [0.15, 0.2) is 0 Å². The molecule has 0 saturated heterocycles. The van der Waals surface area contributed by atoms with E-state index in [1.165, 1.54) is 0 Å². The van der Waals surface area contributed by atoms with Crippen LogP contribution in [0.4, 0.5) is 0 Å². The van der Waals surface area contributed by atoms with Crippen molar-refractivity contribution >= 4 is 34.2 Å². The molecule has 0 saturated carbocycles. The SMILES string of the molecule is CNCCNC(=O)c1ccc(C)c(Br)c1.Cl. The van der Waals surface area contributed by atoms with E-state index >= 15 is 0 Å². The van der Waals surface area contributed by atoms with E-state index < -0.39 is 0 Å². The predicted octanol–water partition coefficient (Wildman–Crippen LogP) is 2.13. The van der Waals surface area contributed by atoms with E-state index in [9.17, 15) is 4.79 Å². The van der Waals surface area contributed by atoms with E-state index in [-0.39, 0.29) is 18.3 Å². The Bertz CT molecular complexity index is 358. The normalized spacial score (nSPS) is 9.44. The minimum Gasteiger partial charge on any atom is -0.351 e. The summed E-state index contributed by atoms with van der Waals surface area (Å²) >= 11 is 3.40. The number of likely N-dealkylation sites (N-methyl/N-ethyl adjacent to an activating group) is 1. The maximum Gasteiger partial charge on any atom is 0.251 e. The zero-order chi connectivity index (χ0) is 11.3. The second kappa shape index (κ2) is 7.65. The Hall–Kier alpha value is -0.580. The molecule has 0 aliphatic carbocycles. The molecule has 0 fully saturated rings. The summed E-state index contributed by atoms with van der Waals surface area (Å²) in [6.45, 7) is 3.41. The summed E-state index contributed by atoms with van der Waals surface area (Å²) in [5.74, 6) is -0.0362. The summed E-state index contributed by atoms with van der Waals surface area (Å²) in [7, 11) is 1.86. The van der Waals surface area contributed by atoms with Crippen LogP contribution in [0.25, 0.3) is 0 Å². The second-order valence-corrected chi connectivity index (χ2v) is 4.18. The number of carbonyl (C=O) groups is 1. The van der Waals surface area contributed by atoms with Gasteiger partial charge in [0.2, 0.25) is 0 Å². The highest BCUT2D eigenvalue weighted by Gasteiger charge is 2.05. The van der Waals surface area contributed by atoms with Gasteiger partial charge in [-0.3, -0.25) is 4.79 Å². The fourth-order valence-electron chi connectivity index (χ4n) is 1.14. The molecule has 90 valence electrons. The predicted molar refractivity (Wildman–Crippen MR) is 72.4 cm³/mol. The fraction of sp³-hybridized carbons (Fsp3) is 0.364. The number of aryl methyl sites for hydroxylation is 1. The van der Waals surface area contributed by atoms with Gasteiger partial charge < -0.3 is 10.6 Å². The molecule has 0 bridgehead atoms. The molecule has 0 spiro atoms. The van der Waals surface area contributed by atoms with Gasteiger partial charge in [-0.05, 0) is 31.7 Å². The minimum absolute atomic E-state index is 0. The fourth-order valence-corrected chi connectivity index (χ4v) is 1.52. The van der Waals surface area contributed by atoms with Crippen molar-refractivity contribution in [2.75, 3.05) is 20.1 Å². The number of hydrogen-bond acceptors (Lipinski definition) is 2. The first-order chi connectivity index (χ1) is 7.15. The van der Waals surface area contributed by atoms with E-state index in [4.69, 9.17) is 0 Å². The molecule has 0 radical (unpaired) electrons. The van der Waals surface area contributed by atoms with E-state index in [2.05, 4.69) is 26.6 Å². The Morgan fingerprint density at radius 1 is 1.38 bits per heavy atom. The van der Waals surface area contributed by atoms with Crippen molar-refractivity contribution in [3.63, 3.8) is 0 Å². The lowest BCUT2D eigenvalue weighted by Gasteiger charge is -2.06. The zero-order valence-corrected chi connectivity index (χ0v) is 11.7. The Kier molecular flexibility index (Phi) is 7.38. The first-order valence-electron chi connectivity index (χ1n) is 4.84. The molecule has 1 aromatic rings. The smallest absolute Gasteiger partial charge is 0.251 e. The molecule has 5 heteroatoms. The number of carbonyl (C=O) groups excluding carboxylic acids is 1. The minimum atomic E-state index is -0.0362. The largest absolute Gasteiger partial charge is 0.351 e. The van der Waals surface area contributed by atoms with Gasteiger partial charge in [-0.25, -0.2) is 0 Å². The van der Waals surface area contributed by atoms with Gasteiger partial charge in [0.25, 0.3) is 5.91 Å². The molecule has 1 amide bonds. The van der Waals surface area contributed by atoms with Crippen molar-refractivity contribution in [2.45, 2.75) is 6.92 Å². The van der Waals surface area contributed by atoms with Crippen LogP contribution in [0.2, 0.25) is 0 Å². The van der Waals surface area contributed by atoms with Crippen LogP contribution in [0.3, 0.4) is 0 Å². The van der Waals surface area contributed by atoms with Crippen LogP contribution >= 0.6 is 28.3 Å². The highest BCUT2D eigenvalue weighted by Crippen LogP contribution is 2.17. The van der Waals surface area contributed by atoms with Gasteiger partial charge in [-0.2, -0.15) is 0 Å². The number of nitrogens with one attached hydrogen (secondary N) is 2. The summed E-state index contributed by atoms with van der Waals surface area (Å²) in [6, 6.07) is 5.59. The zero-order valence-electron chi connectivity index (χ0n) is 9.34. The number of rotatable bonds is 4. The van der Waals surface area contributed by atoms with Crippen molar-refractivity contribution < 1.29 is 4.79 Å². The number of halogens is 2. The third-order valence-electron chi connectivity index (χ3n) is 2.09. The van der Waals surface area contributed by atoms with Gasteiger partial charge >= 0.3 is 0 Å². The van der Waals surface area contributed by atoms with Crippen LogP contribution in [-0.4, -0.2) is 26.0 Å². The summed E-state index contributed by atoms with van der Waals surface area (Å²) in [6.07, 6.45) is 0. The maximum atomic E-state index is 11.6. The van der Waals surface area contributed by atoms with Gasteiger partial charge in [0.1, 0.15) is 0 Å². The van der Waals surface area contributed by atoms with Gasteiger partial charge in [-0.15, -0.1) is 12.4 Å². The molecular formula is C11H16BrClN2O. The number of hydrogen-bond donors (Lipinski definition) is 2. The van der Waals surface area contributed by atoms with Gasteiger partial charge in [0.05, 0.1) is 0 Å². The quantitative estimate of drug-likeness (QED) is 0.837. The molecule has 1 rings (SSSR count). The van der Waals surface area contributed by atoms with Crippen LogP contribution in [-0.2, 0) is 0 Å².